The Morgan fingerprint density at radius 1 is 1.00 bits per heavy atom. The van der Waals surface area contributed by atoms with Gasteiger partial charge in [0, 0.05) is 11.1 Å². The van der Waals surface area contributed by atoms with E-state index >= 15 is 0 Å². The van der Waals surface area contributed by atoms with E-state index in [2.05, 4.69) is 5.32 Å². The van der Waals surface area contributed by atoms with Gasteiger partial charge in [-0.2, -0.15) is 0 Å². The lowest BCUT2D eigenvalue weighted by Crippen LogP contribution is -2.64. The summed E-state index contributed by atoms with van der Waals surface area (Å²) >= 11 is 0. The van der Waals surface area contributed by atoms with Crippen LogP contribution in [0.4, 0.5) is 0 Å². The molecular weight excluding hydrogens is 248 g/mol. The number of nitrogens with one attached hydrogen (secondary N) is 1. The second kappa shape index (κ2) is 4.22. The maximum Gasteiger partial charge on any atom is 0.227 e. The molecule has 20 heavy (non-hydrogen) atoms. The van der Waals surface area contributed by atoms with E-state index in [1.54, 1.807) is 0 Å². The maximum absolute atomic E-state index is 12.8. The molecule has 114 valence electrons. The molecule has 4 saturated carbocycles. The normalized spacial score (nSPS) is 40.0. The summed E-state index contributed by atoms with van der Waals surface area (Å²) in [5.41, 5.74) is 5.28. The van der Waals surface area contributed by atoms with E-state index < -0.39 is 11.0 Å². The number of carbonyl (C=O) groups is 1. The first-order valence-corrected chi connectivity index (χ1v) is 8.23. The Balaban J connectivity index is 1.76. The molecule has 0 spiro atoms. The molecule has 0 unspecified atom stereocenters. The van der Waals surface area contributed by atoms with Crippen LogP contribution in [-0.2, 0) is 4.79 Å². The Kier molecular flexibility index (Phi) is 3.03. The molecule has 0 radical (unpaired) electrons. The third-order valence-electron chi connectivity index (χ3n) is 6.60. The van der Waals surface area contributed by atoms with Crippen LogP contribution in [0.2, 0.25) is 0 Å². The van der Waals surface area contributed by atoms with Crippen molar-refractivity contribution in [3.63, 3.8) is 0 Å². The molecule has 3 N–H and O–H groups in total. The van der Waals surface area contributed by atoms with E-state index in [1.165, 1.54) is 38.5 Å². The van der Waals surface area contributed by atoms with Gasteiger partial charge in [0.15, 0.2) is 0 Å². The Morgan fingerprint density at radius 3 is 1.75 bits per heavy atom. The molecule has 3 heteroatoms. The van der Waals surface area contributed by atoms with Gasteiger partial charge in [-0.25, -0.2) is 0 Å². The lowest BCUT2D eigenvalue weighted by molar-refractivity contribution is -0.138. The first-order valence-electron chi connectivity index (χ1n) is 8.23. The van der Waals surface area contributed by atoms with E-state index in [1.807, 2.05) is 27.7 Å². The van der Waals surface area contributed by atoms with Crippen LogP contribution >= 0.6 is 0 Å². The Morgan fingerprint density at radius 2 is 1.40 bits per heavy atom. The standard InChI is InChI=1S/C17H30N2O/c1-15(2,16(3,4)18)14(20)19-17-8-11-5-12(9-17)7-13(6-11)10-17/h11-13H,5-10,18H2,1-4H3,(H,19,20). The molecule has 0 atom stereocenters. The van der Waals surface area contributed by atoms with Crippen LogP contribution < -0.4 is 11.1 Å². The van der Waals surface area contributed by atoms with E-state index in [4.69, 9.17) is 5.73 Å². The number of rotatable bonds is 3. The monoisotopic (exact) mass is 278 g/mol. The fourth-order valence-electron chi connectivity index (χ4n) is 4.95. The van der Waals surface area contributed by atoms with Gasteiger partial charge in [0.25, 0.3) is 0 Å². The zero-order valence-corrected chi connectivity index (χ0v) is 13.5. The fraction of sp³-hybridized carbons (Fsp3) is 0.941. The highest BCUT2D eigenvalue weighted by atomic mass is 16.2. The smallest absolute Gasteiger partial charge is 0.227 e. The Labute approximate surface area is 123 Å². The summed E-state index contributed by atoms with van der Waals surface area (Å²) < 4.78 is 0. The van der Waals surface area contributed by atoms with Crippen molar-refractivity contribution in [2.75, 3.05) is 0 Å². The van der Waals surface area contributed by atoms with Gasteiger partial charge in [-0.3, -0.25) is 4.79 Å². The molecule has 4 bridgehead atoms. The van der Waals surface area contributed by atoms with Crippen molar-refractivity contribution in [1.82, 2.24) is 5.32 Å². The second-order valence-electron chi connectivity index (χ2n) is 9.00. The van der Waals surface area contributed by atoms with Crippen LogP contribution in [0.3, 0.4) is 0 Å². The lowest BCUT2D eigenvalue weighted by Gasteiger charge is -2.57. The van der Waals surface area contributed by atoms with Crippen molar-refractivity contribution < 1.29 is 4.79 Å². The number of nitrogens with two attached hydrogens (primary N) is 1. The van der Waals surface area contributed by atoms with Crippen LogP contribution in [0.15, 0.2) is 0 Å². The summed E-state index contributed by atoms with van der Waals surface area (Å²) in [6, 6.07) is 0. The number of carbonyl (C=O) groups excluding carboxylic acids is 1. The van der Waals surface area contributed by atoms with Crippen molar-refractivity contribution in [3.05, 3.63) is 0 Å². The average molecular weight is 278 g/mol. The highest BCUT2D eigenvalue weighted by Crippen LogP contribution is 2.55. The molecule has 0 aromatic heterocycles. The molecular formula is C17H30N2O. The topological polar surface area (TPSA) is 55.1 Å². The van der Waals surface area contributed by atoms with Crippen LogP contribution in [-0.4, -0.2) is 17.0 Å². The molecule has 3 nitrogen and oxygen atoms in total. The lowest BCUT2D eigenvalue weighted by atomic mass is 9.53. The summed E-state index contributed by atoms with van der Waals surface area (Å²) in [7, 11) is 0. The third-order valence-corrected chi connectivity index (χ3v) is 6.60. The molecule has 0 aromatic carbocycles. The quantitative estimate of drug-likeness (QED) is 0.834. The van der Waals surface area contributed by atoms with E-state index in [0.29, 0.717) is 0 Å². The molecule has 4 aliphatic rings. The molecule has 1 amide bonds. The van der Waals surface area contributed by atoms with Crippen molar-refractivity contribution in [1.29, 1.82) is 0 Å². The summed E-state index contributed by atoms with van der Waals surface area (Å²) in [6.45, 7) is 7.85. The Hall–Kier alpha value is -0.570. The number of amides is 1. The highest BCUT2D eigenvalue weighted by Gasteiger charge is 2.53. The third kappa shape index (κ3) is 2.18. The molecule has 4 rings (SSSR count). The number of hydrogen-bond donors (Lipinski definition) is 2. The van der Waals surface area contributed by atoms with Gasteiger partial charge >= 0.3 is 0 Å². The minimum Gasteiger partial charge on any atom is -0.350 e. The van der Waals surface area contributed by atoms with Crippen molar-refractivity contribution in [3.8, 4) is 0 Å². The van der Waals surface area contributed by atoms with Gasteiger partial charge in [-0.05, 0) is 84.0 Å². The van der Waals surface area contributed by atoms with Gasteiger partial charge in [-0.15, -0.1) is 0 Å². The van der Waals surface area contributed by atoms with Gasteiger partial charge < -0.3 is 11.1 Å². The summed E-state index contributed by atoms with van der Waals surface area (Å²) in [5.74, 6) is 2.72. The fourth-order valence-corrected chi connectivity index (χ4v) is 4.95. The van der Waals surface area contributed by atoms with E-state index in [0.717, 1.165) is 17.8 Å². The summed E-state index contributed by atoms with van der Waals surface area (Å²) in [4.78, 5) is 12.8. The predicted octanol–water partition coefficient (Wildman–Crippen LogP) is 2.83. The van der Waals surface area contributed by atoms with Gasteiger partial charge in [-0.1, -0.05) is 0 Å². The SMILES string of the molecule is CC(C)(N)C(C)(C)C(=O)NC12CC3CC(CC(C3)C1)C2. The zero-order chi connectivity index (χ0) is 14.8. The molecule has 4 aliphatic carbocycles. The van der Waals surface area contributed by atoms with Crippen molar-refractivity contribution >= 4 is 5.91 Å². The average Bonchev–Trinajstić information content (AvgIpc) is 2.24. The van der Waals surface area contributed by atoms with Crippen molar-refractivity contribution in [2.45, 2.75) is 77.3 Å². The minimum atomic E-state index is -0.531. The first-order chi connectivity index (χ1) is 9.11. The van der Waals surface area contributed by atoms with Crippen LogP contribution in [0, 0.1) is 23.2 Å². The number of hydrogen-bond acceptors (Lipinski definition) is 2. The van der Waals surface area contributed by atoms with E-state index in [9.17, 15) is 4.79 Å². The predicted molar refractivity (Wildman–Crippen MR) is 81.1 cm³/mol. The Bertz CT molecular complexity index is 384. The molecule has 0 saturated heterocycles. The van der Waals surface area contributed by atoms with Gasteiger partial charge in [0.05, 0.1) is 5.41 Å². The second-order valence-corrected chi connectivity index (χ2v) is 9.00. The molecule has 4 fully saturated rings. The zero-order valence-electron chi connectivity index (χ0n) is 13.5. The summed E-state index contributed by atoms with van der Waals surface area (Å²) in [6.07, 6.45) is 7.81. The molecule has 0 heterocycles. The first kappa shape index (κ1) is 14.4. The largest absolute Gasteiger partial charge is 0.350 e. The van der Waals surface area contributed by atoms with Crippen LogP contribution in [0.25, 0.3) is 0 Å². The molecule has 0 aromatic rings. The van der Waals surface area contributed by atoms with Crippen molar-refractivity contribution in [2.24, 2.45) is 28.9 Å². The van der Waals surface area contributed by atoms with Crippen LogP contribution in [0.5, 0.6) is 0 Å². The molecule has 0 aliphatic heterocycles. The minimum absolute atomic E-state index is 0.0916. The summed E-state index contributed by atoms with van der Waals surface area (Å²) in [5, 5.41) is 3.45. The maximum atomic E-state index is 12.8. The van der Waals surface area contributed by atoms with Gasteiger partial charge in [0.1, 0.15) is 0 Å². The highest BCUT2D eigenvalue weighted by molar-refractivity contribution is 5.84. The van der Waals surface area contributed by atoms with E-state index in [-0.39, 0.29) is 11.4 Å². The van der Waals surface area contributed by atoms with Crippen LogP contribution in [0.1, 0.15) is 66.2 Å². The van der Waals surface area contributed by atoms with Gasteiger partial charge in [0.2, 0.25) is 5.91 Å².